The summed E-state index contributed by atoms with van der Waals surface area (Å²) in [5.41, 5.74) is 1.87. The number of piperidine rings is 1. The number of hydrogen-bond acceptors (Lipinski definition) is 7. The quantitative estimate of drug-likeness (QED) is 0.505. The standard InChI is InChI=1S/C21H19N5O3S/c1-13-2-4-14(5-3-13)17-23-18(29-24-17)15-6-8-25(9-7-15)19(27)16-12-22-21-26(20(16)28)10-11-30-21/h2-5,10-12,15H,6-9H2,1H3. The summed E-state index contributed by atoms with van der Waals surface area (Å²) < 4.78 is 6.91. The fraction of sp³-hybridized carbons (Fsp3) is 0.286. The first-order valence-electron chi connectivity index (χ1n) is 9.75. The Morgan fingerprint density at radius 3 is 2.73 bits per heavy atom. The van der Waals surface area contributed by atoms with Crippen molar-refractivity contribution in [1.29, 1.82) is 0 Å². The number of benzene rings is 1. The van der Waals surface area contributed by atoms with Gasteiger partial charge in [-0.25, -0.2) is 4.98 Å². The van der Waals surface area contributed by atoms with Gasteiger partial charge in [0.05, 0.1) is 0 Å². The van der Waals surface area contributed by atoms with E-state index in [9.17, 15) is 9.59 Å². The van der Waals surface area contributed by atoms with Crippen LogP contribution < -0.4 is 5.56 Å². The number of aromatic nitrogens is 4. The van der Waals surface area contributed by atoms with Crippen molar-refractivity contribution >= 4 is 22.2 Å². The van der Waals surface area contributed by atoms with Gasteiger partial charge in [0.15, 0.2) is 4.96 Å². The maximum Gasteiger partial charge on any atom is 0.271 e. The molecule has 1 aromatic carbocycles. The Balaban J connectivity index is 1.28. The summed E-state index contributed by atoms with van der Waals surface area (Å²) >= 11 is 1.36. The van der Waals surface area contributed by atoms with Crippen LogP contribution >= 0.6 is 11.3 Å². The van der Waals surface area contributed by atoms with Crippen molar-refractivity contribution in [3.8, 4) is 11.4 Å². The van der Waals surface area contributed by atoms with Gasteiger partial charge in [-0.05, 0) is 19.8 Å². The molecule has 30 heavy (non-hydrogen) atoms. The molecular formula is C21H19N5O3S. The van der Waals surface area contributed by atoms with E-state index < -0.39 is 0 Å². The van der Waals surface area contributed by atoms with Crippen molar-refractivity contribution in [3.05, 3.63) is 69.4 Å². The van der Waals surface area contributed by atoms with Gasteiger partial charge < -0.3 is 9.42 Å². The molecule has 1 saturated heterocycles. The lowest BCUT2D eigenvalue weighted by molar-refractivity contribution is 0.0702. The predicted octanol–water partition coefficient (Wildman–Crippen LogP) is 3.13. The van der Waals surface area contributed by atoms with E-state index in [1.54, 1.807) is 16.5 Å². The number of likely N-dealkylation sites (tertiary alicyclic amines) is 1. The maximum atomic E-state index is 12.9. The largest absolute Gasteiger partial charge is 0.339 e. The van der Waals surface area contributed by atoms with Crippen LogP contribution in [0.4, 0.5) is 0 Å². The molecule has 1 fully saturated rings. The Morgan fingerprint density at radius 2 is 1.97 bits per heavy atom. The minimum absolute atomic E-state index is 0.0966. The SMILES string of the molecule is Cc1ccc(-c2noc(C3CCN(C(=O)c4cnc5sccn5c4=O)CC3)n2)cc1. The summed E-state index contributed by atoms with van der Waals surface area (Å²) in [6, 6.07) is 7.98. The van der Waals surface area contributed by atoms with E-state index in [1.807, 2.05) is 31.2 Å². The van der Waals surface area contributed by atoms with Crippen LogP contribution in [0.25, 0.3) is 16.3 Å². The lowest BCUT2D eigenvalue weighted by atomic mass is 9.96. The molecule has 4 aromatic rings. The van der Waals surface area contributed by atoms with Crippen molar-refractivity contribution in [2.75, 3.05) is 13.1 Å². The molecule has 0 unspecified atom stereocenters. The number of carbonyl (C=O) groups excluding carboxylic acids is 1. The molecule has 1 aliphatic heterocycles. The second-order valence-electron chi connectivity index (χ2n) is 7.42. The van der Waals surface area contributed by atoms with Crippen molar-refractivity contribution < 1.29 is 9.32 Å². The summed E-state index contributed by atoms with van der Waals surface area (Å²) in [6.45, 7) is 3.08. The zero-order valence-corrected chi connectivity index (χ0v) is 17.1. The van der Waals surface area contributed by atoms with Crippen LogP contribution in [0.5, 0.6) is 0 Å². The lowest BCUT2D eigenvalue weighted by Gasteiger charge is -2.30. The molecule has 152 valence electrons. The number of fused-ring (bicyclic) bond motifs is 1. The maximum absolute atomic E-state index is 12.9. The summed E-state index contributed by atoms with van der Waals surface area (Å²) in [5.74, 6) is 0.988. The van der Waals surface area contributed by atoms with Crippen molar-refractivity contribution in [1.82, 2.24) is 24.4 Å². The number of nitrogens with zero attached hydrogens (tertiary/aromatic N) is 5. The van der Waals surface area contributed by atoms with Gasteiger partial charge in [-0.15, -0.1) is 11.3 Å². The molecule has 0 bridgehead atoms. The normalized spacial score (nSPS) is 15.0. The van der Waals surface area contributed by atoms with Crippen LogP contribution in [0.2, 0.25) is 0 Å². The van der Waals surface area contributed by atoms with Gasteiger partial charge in [0, 0.05) is 42.3 Å². The first-order chi connectivity index (χ1) is 14.6. The van der Waals surface area contributed by atoms with Gasteiger partial charge in [-0.1, -0.05) is 35.0 Å². The van der Waals surface area contributed by atoms with E-state index in [4.69, 9.17) is 4.52 Å². The predicted molar refractivity (Wildman–Crippen MR) is 112 cm³/mol. The Morgan fingerprint density at radius 1 is 1.20 bits per heavy atom. The topological polar surface area (TPSA) is 93.6 Å². The van der Waals surface area contributed by atoms with Crippen LogP contribution in [0.1, 0.15) is 40.6 Å². The third kappa shape index (κ3) is 3.30. The summed E-state index contributed by atoms with van der Waals surface area (Å²) in [7, 11) is 0. The number of amides is 1. The highest BCUT2D eigenvalue weighted by atomic mass is 32.1. The molecule has 0 saturated carbocycles. The highest BCUT2D eigenvalue weighted by Gasteiger charge is 2.29. The fourth-order valence-electron chi connectivity index (χ4n) is 3.69. The summed E-state index contributed by atoms with van der Waals surface area (Å²) in [5, 5.41) is 5.89. The van der Waals surface area contributed by atoms with Gasteiger partial charge in [0.2, 0.25) is 11.7 Å². The Bertz CT molecular complexity index is 1270. The molecule has 0 aliphatic carbocycles. The van der Waals surface area contributed by atoms with Crippen LogP contribution in [0, 0.1) is 6.92 Å². The van der Waals surface area contributed by atoms with E-state index in [0.29, 0.717) is 42.6 Å². The zero-order chi connectivity index (χ0) is 20.7. The first-order valence-corrected chi connectivity index (χ1v) is 10.6. The lowest BCUT2D eigenvalue weighted by Crippen LogP contribution is -2.40. The van der Waals surface area contributed by atoms with E-state index in [-0.39, 0.29) is 22.9 Å². The number of aryl methyl sites for hydroxylation is 1. The Hall–Kier alpha value is -3.33. The van der Waals surface area contributed by atoms with Crippen molar-refractivity contribution in [3.63, 3.8) is 0 Å². The van der Waals surface area contributed by atoms with Gasteiger partial charge in [0.1, 0.15) is 5.56 Å². The molecule has 1 amide bonds. The van der Waals surface area contributed by atoms with Crippen molar-refractivity contribution in [2.24, 2.45) is 0 Å². The third-order valence-corrected chi connectivity index (χ3v) is 6.23. The highest BCUT2D eigenvalue weighted by molar-refractivity contribution is 7.15. The molecular weight excluding hydrogens is 402 g/mol. The van der Waals surface area contributed by atoms with Gasteiger partial charge in [0.25, 0.3) is 11.5 Å². The zero-order valence-electron chi connectivity index (χ0n) is 16.3. The average Bonchev–Trinajstić information content (AvgIpc) is 3.45. The van der Waals surface area contributed by atoms with E-state index in [1.165, 1.54) is 27.5 Å². The molecule has 5 rings (SSSR count). The van der Waals surface area contributed by atoms with Gasteiger partial charge >= 0.3 is 0 Å². The molecule has 8 nitrogen and oxygen atoms in total. The van der Waals surface area contributed by atoms with Crippen LogP contribution in [-0.2, 0) is 0 Å². The van der Waals surface area contributed by atoms with E-state index in [0.717, 1.165) is 5.56 Å². The van der Waals surface area contributed by atoms with Crippen LogP contribution in [-0.4, -0.2) is 43.4 Å². The molecule has 0 radical (unpaired) electrons. The summed E-state index contributed by atoms with van der Waals surface area (Å²) in [4.78, 5) is 36.5. The Labute approximate surface area is 175 Å². The van der Waals surface area contributed by atoms with Crippen LogP contribution in [0.3, 0.4) is 0 Å². The molecule has 0 N–H and O–H groups in total. The second-order valence-corrected chi connectivity index (χ2v) is 8.29. The average molecular weight is 421 g/mol. The second kappa shape index (κ2) is 7.49. The van der Waals surface area contributed by atoms with Crippen molar-refractivity contribution in [2.45, 2.75) is 25.7 Å². The fourth-order valence-corrected chi connectivity index (χ4v) is 4.37. The first kappa shape index (κ1) is 18.7. The molecule has 9 heteroatoms. The number of rotatable bonds is 3. The molecule has 4 heterocycles. The molecule has 3 aromatic heterocycles. The molecule has 0 atom stereocenters. The third-order valence-electron chi connectivity index (χ3n) is 5.46. The minimum Gasteiger partial charge on any atom is -0.339 e. The van der Waals surface area contributed by atoms with E-state index >= 15 is 0 Å². The minimum atomic E-state index is -0.326. The van der Waals surface area contributed by atoms with E-state index in [2.05, 4.69) is 15.1 Å². The smallest absolute Gasteiger partial charge is 0.271 e. The number of hydrogen-bond donors (Lipinski definition) is 0. The highest BCUT2D eigenvalue weighted by Crippen LogP contribution is 2.29. The van der Waals surface area contributed by atoms with Crippen LogP contribution in [0.15, 0.2) is 51.4 Å². The van der Waals surface area contributed by atoms with Gasteiger partial charge in [-0.2, -0.15) is 4.98 Å². The number of carbonyl (C=O) groups is 1. The molecule has 1 aliphatic rings. The number of thiazole rings is 1. The monoisotopic (exact) mass is 421 g/mol. The summed E-state index contributed by atoms with van der Waals surface area (Å²) in [6.07, 6.45) is 4.43. The Kier molecular flexibility index (Phi) is 4.66. The molecule has 0 spiro atoms. The van der Waals surface area contributed by atoms with Gasteiger partial charge in [-0.3, -0.25) is 14.0 Å².